The number of amides is 1. The standard InChI is InChI=1S/C15H22N2O4S/c1-22(19,20)9-8-21-14-6-2-4-13(10-14)17-15(18)11-12-5-3-7-16-12/h2,4,6,10,12,16H,3,5,7-9,11H2,1H3,(H,17,18). The first kappa shape index (κ1) is 16.8. The molecule has 1 aromatic rings. The summed E-state index contributed by atoms with van der Waals surface area (Å²) in [6, 6.07) is 7.23. The summed E-state index contributed by atoms with van der Waals surface area (Å²) in [4.78, 5) is 12.0. The molecule has 1 amide bonds. The molecule has 2 rings (SSSR count). The van der Waals surface area contributed by atoms with Crippen molar-refractivity contribution in [3.05, 3.63) is 24.3 Å². The van der Waals surface area contributed by atoms with Gasteiger partial charge in [-0.1, -0.05) is 6.07 Å². The van der Waals surface area contributed by atoms with Crippen molar-refractivity contribution in [2.24, 2.45) is 0 Å². The normalized spacial score (nSPS) is 18.1. The van der Waals surface area contributed by atoms with Crippen molar-refractivity contribution >= 4 is 21.4 Å². The second-order valence-corrected chi connectivity index (χ2v) is 7.81. The average Bonchev–Trinajstić information content (AvgIpc) is 2.90. The third-order valence-corrected chi connectivity index (χ3v) is 4.34. The van der Waals surface area contributed by atoms with Gasteiger partial charge in [0.05, 0.1) is 5.75 Å². The molecule has 0 saturated carbocycles. The van der Waals surface area contributed by atoms with E-state index in [1.54, 1.807) is 24.3 Å². The van der Waals surface area contributed by atoms with Gasteiger partial charge in [0.25, 0.3) is 0 Å². The molecule has 122 valence electrons. The van der Waals surface area contributed by atoms with E-state index in [1.165, 1.54) is 6.26 Å². The van der Waals surface area contributed by atoms with Crippen LogP contribution in [0.15, 0.2) is 24.3 Å². The van der Waals surface area contributed by atoms with Gasteiger partial charge in [-0.25, -0.2) is 8.42 Å². The number of benzene rings is 1. The maximum absolute atomic E-state index is 12.0. The summed E-state index contributed by atoms with van der Waals surface area (Å²) in [5.41, 5.74) is 0.653. The Morgan fingerprint density at radius 3 is 2.95 bits per heavy atom. The van der Waals surface area contributed by atoms with Crippen molar-refractivity contribution in [3.8, 4) is 5.75 Å². The third kappa shape index (κ3) is 6.03. The predicted molar refractivity (Wildman–Crippen MR) is 85.9 cm³/mol. The van der Waals surface area contributed by atoms with Crippen molar-refractivity contribution in [3.63, 3.8) is 0 Å². The van der Waals surface area contributed by atoms with Crippen LogP contribution in [-0.4, -0.2) is 45.5 Å². The Balaban J connectivity index is 1.83. The summed E-state index contributed by atoms with van der Waals surface area (Å²) in [6.45, 7) is 1.07. The number of sulfone groups is 1. The highest BCUT2D eigenvalue weighted by Crippen LogP contribution is 2.18. The Morgan fingerprint density at radius 2 is 2.27 bits per heavy atom. The van der Waals surface area contributed by atoms with Crippen LogP contribution in [-0.2, 0) is 14.6 Å². The van der Waals surface area contributed by atoms with Crippen molar-refractivity contribution < 1.29 is 17.9 Å². The molecule has 1 fully saturated rings. The number of rotatable bonds is 7. The minimum atomic E-state index is -3.04. The van der Waals surface area contributed by atoms with Gasteiger partial charge in [-0.2, -0.15) is 0 Å². The Labute approximate surface area is 131 Å². The number of anilines is 1. The van der Waals surface area contributed by atoms with Gasteiger partial charge in [0.2, 0.25) is 5.91 Å². The summed E-state index contributed by atoms with van der Waals surface area (Å²) < 4.78 is 27.5. The highest BCUT2D eigenvalue weighted by Gasteiger charge is 2.17. The van der Waals surface area contributed by atoms with E-state index in [2.05, 4.69) is 10.6 Å². The van der Waals surface area contributed by atoms with Gasteiger partial charge < -0.3 is 15.4 Å². The number of carbonyl (C=O) groups excluding carboxylic acids is 1. The smallest absolute Gasteiger partial charge is 0.225 e. The summed E-state index contributed by atoms with van der Waals surface area (Å²) in [6.07, 6.45) is 3.77. The van der Waals surface area contributed by atoms with E-state index < -0.39 is 9.84 Å². The lowest BCUT2D eigenvalue weighted by Gasteiger charge is -2.11. The molecule has 7 heteroatoms. The Morgan fingerprint density at radius 1 is 1.45 bits per heavy atom. The zero-order chi connectivity index (χ0) is 16.0. The molecule has 0 aliphatic carbocycles. The zero-order valence-corrected chi connectivity index (χ0v) is 13.5. The molecular formula is C15H22N2O4S. The zero-order valence-electron chi connectivity index (χ0n) is 12.7. The molecule has 1 saturated heterocycles. The summed E-state index contributed by atoms with van der Waals surface area (Å²) in [5, 5.41) is 6.12. The van der Waals surface area contributed by atoms with Gasteiger partial charge in [0, 0.05) is 30.5 Å². The minimum absolute atomic E-state index is 0.0308. The van der Waals surface area contributed by atoms with E-state index in [-0.39, 0.29) is 24.3 Å². The highest BCUT2D eigenvalue weighted by atomic mass is 32.2. The molecule has 0 radical (unpaired) electrons. The molecular weight excluding hydrogens is 304 g/mol. The van der Waals surface area contributed by atoms with E-state index >= 15 is 0 Å². The molecule has 6 nitrogen and oxygen atoms in total. The first-order valence-electron chi connectivity index (χ1n) is 7.36. The molecule has 1 unspecified atom stereocenters. The molecule has 22 heavy (non-hydrogen) atoms. The number of carbonyl (C=O) groups is 1. The second-order valence-electron chi connectivity index (χ2n) is 5.55. The van der Waals surface area contributed by atoms with Crippen LogP contribution in [0.3, 0.4) is 0 Å². The molecule has 1 atom stereocenters. The third-order valence-electron chi connectivity index (χ3n) is 3.43. The first-order chi connectivity index (χ1) is 10.4. The van der Waals surface area contributed by atoms with Crippen LogP contribution >= 0.6 is 0 Å². The number of hydrogen-bond donors (Lipinski definition) is 2. The van der Waals surface area contributed by atoms with Gasteiger partial charge >= 0.3 is 0 Å². The van der Waals surface area contributed by atoms with Crippen LogP contribution in [0.2, 0.25) is 0 Å². The minimum Gasteiger partial charge on any atom is -0.492 e. The Kier molecular flexibility index (Phi) is 5.79. The van der Waals surface area contributed by atoms with E-state index in [9.17, 15) is 13.2 Å². The lowest BCUT2D eigenvalue weighted by Crippen LogP contribution is -2.27. The number of hydrogen-bond acceptors (Lipinski definition) is 5. The van der Waals surface area contributed by atoms with Crippen LogP contribution in [0, 0.1) is 0 Å². The Bertz CT molecular complexity index is 610. The van der Waals surface area contributed by atoms with E-state index in [1.807, 2.05) is 0 Å². The van der Waals surface area contributed by atoms with Crippen molar-refractivity contribution in [2.45, 2.75) is 25.3 Å². The number of nitrogens with one attached hydrogen (secondary N) is 2. The molecule has 0 spiro atoms. The maximum atomic E-state index is 12.0. The lowest BCUT2D eigenvalue weighted by atomic mass is 10.1. The monoisotopic (exact) mass is 326 g/mol. The molecule has 1 aliphatic heterocycles. The van der Waals surface area contributed by atoms with Gasteiger partial charge in [-0.3, -0.25) is 4.79 Å². The molecule has 2 N–H and O–H groups in total. The quantitative estimate of drug-likeness (QED) is 0.786. The second kappa shape index (κ2) is 7.60. The van der Waals surface area contributed by atoms with Crippen LogP contribution in [0.25, 0.3) is 0 Å². The van der Waals surface area contributed by atoms with Crippen molar-refractivity contribution in [1.82, 2.24) is 5.32 Å². The summed E-state index contributed by atoms with van der Waals surface area (Å²) in [7, 11) is -3.04. The molecule has 0 bridgehead atoms. The van der Waals surface area contributed by atoms with Crippen LogP contribution < -0.4 is 15.4 Å². The highest BCUT2D eigenvalue weighted by molar-refractivity contribution is 7.90. The molecule has 1 aromatic carbocycles. The van der Waals surface area contributed by atoms with E-state index in [0.717, 1.165) is 19.4 Å². The maximum Gasteiger partial charge on any atom is 0.225 e. The fourth-order valence-electron chi connectivity index (χ4n) is 2.34. The largest absolute Gasteiger partial charge is 0.492 e. The first-order valence-corrected chi connectivity index (χ1v) is 9.42. The van der Waals surface area contributed by atoms with Crippen molar-refractivity contribution in [1.29, 1.82) is 0 Å². The Hall–Kier alpha value is -1.60. The van der Waals surface area contributed by atoms with Gasteiger partial charge in [-0.05, 0) is 31.5 Å². The van der Waals surface area contributed by atoms with Gasteiger partial charge in [0.1, 0.15) is 12.4 Å². The fraction of sp³-hybridized carbons (Fsp3) is 0.533. The molecule has 1 heterocycles. The predicted octanol–water partition coefficient (Wildman–Crippen LogP) is 1.19. The molecule has 1 aliphatic rings. The van der Waals surface area contributed by atoms with Crippen molar-refractivity contribution in [2.75, 3.05) is 30.5 Å². The summed E-state index contributed by atoms with van der Waals surface area (Å²) >= 11 is 0. The van der Waals surface area contributed by atoms with Crippen LogP contribution in [0.4, 0.5) is 5.69 Å². The van der Waals surface area contributed by atoms with Gasteiger partial charge in [0.15, 0.2) is 9.84 Å². The van der Waals surface area contributed by atoms with Gasteiger partial charge in [-0.15, -0.1) is 0 Å². The van der Waals surface area contributed by atoms with Crippen LogP contribution in [0.1, 0.15) is 19.3 Å². The topological polar surface area (TPSA) is 84.5 Å². The fourth-order valence-corrected chi connectivity index (χ4v) is 2.73. The van der Waals surface area contributed by atoms with Crippen LogP contribution in [0.5, 0.6) is 5.75 Å². The number of ether oxygens (including phenoxy) is 1. The summed E-state index contributed by atoms with van der Waals surface area (Å²) in [5.74, 6) is 0.477. The SMILES string of the molecule is CS(=O)(=O)CCOc1cccc(NC(=O)CC2CCCN2)c1. The van der Waals surface area contributed by atoms with E-state index in [0.29, 0.717) is 17.9 Å². The lowest BCUT2D eigenvalue weighted by molar-refractivity contribution is -0.116. The van der Waals surface area contributed by atoms with E-state index in [4.69, 9.17) is 4.74 Å². The molecule has 0 aromatic heterocycles. The average molecular weight is 326 g/mol.